The minimum atomic E-state index is -4.36. The lowest BCUT2D eigenvalue weighted by atomic mass is 10.1. The molecule has 0 saturated carbocycles. The minimum absolute atomic E-state index is 0.240. The number of benzene rings is 1. The molecule has 0 unspecified atom stereocenters. The molecule has 0 aliphatic carbocycles. The first-order valence-electron chi connectivity index (χ1n) is 9.77. The first-order valence-corrected chi connectivity index (χ1v) is 10.5. The van der Waals surface area contributed by atoms with Crippen molar-refractivity contribution in [3.8, 4) is 23.4 Å². The van der Waals surface area contributed by atoms with Gasteiger partial charge in [0.25, 0.3) is 0 Å². The molecule has 4 rings (SSSR count). The van der Waals surface area contributed by atoms with Gasteiger partial charge in [0.2, 0.25) is 0 Å². The van der Waals surface area contributed by atoms with Crippen LogP contribution in [0, 0.1) is 22.7 Å². The third-order valence-corrected chi connectivity index (χ3v) is 5.16. The van der Waals surface area contributed by atoms with E-state index in [1.165, 1.54) is 24.3 Å². The maximum absolute atomic E-state index is 12.6. The molecule has 0 amide bonds. The lowest BCUT2D eigenvalue weighted by molar-refractivity contribution is -0.137. The molecule has 10 heteroatoms. The number of anilines is 1. The number of nitriles is 2. The summed E-state index contributed by atoms with van der Waals surface area (Å²) in [5, 5.41) is 18.1. The third-order valence-electron chi connectivity index (χ3n) is 4.77. The standard InChI is InChI=1S/C17H14F3N3.C6H2Cl2N2/c18-17(19,20)14-5-3-13(4-6-14)15-9-12(11-21)10-16(22-15)23-7-1-2-8-23;7-5-1-4(3-9)2-6(8)10-5/h3-6,9-10H,1-2,7-8H2;1-2H. The van der Waals surface area contributed by atoms with Crippen molar-refractivity contribution >= 4 is 29.0 Å². The molecule has 1 fully saturated rings. The molecule has 0 atom stereocenters. The van der Waals surface area contributed by atoms with Crippen LogP contribution < -0.4 is 4.90 Å². The normalized spacial score (nSPS) is 13.0. The summed E-state index contributed by atoms with van der Waals surface area (Å²) in [5.74, 6) is 0.705. The Morgan fingerprint density at radius 2 is 1.36 bits per heavy atom. The number of aromatic nitrogens is 2. The summed E-state index contributed by atoms with van der Waals surface area (Å²) in [5.41, 5.74) is 1.26. The fourth-order valence-corrected chi connectivity index (χ4v) is 3.66. The molecular formula is C23H16Cl2F3N5. The lowest BCUT2D eigenvalue weighted by Crippen LogP contribution is -2.19. The van der Waals surface area contributed by atoms with Gasteiger partial charge in [-0.25, -0.2) is 9.97 Å². The van der Waals surface area contributed by atoms with Crippen LogP contribution in [0.1, 0.15) is 29.5 Å². The topological polar surface area (TPSA) is 76.6 Å². The van der Waals surface area contributed by atoms with Gasteiger partial charge in [0.05, 0.1) is 34.5 Å². The van der Waals surface area contributed by atoms with E-state index in [0.29, 0.717) is 28.2 Å². The second-order valence-electron chi connectivity index (χ2n) is 7.09. The van der Waals surface area contributed by atoms with Gasteiger partial charge >= 0.3 is 6.18 Å². The number of hydrogen-bond acceptors (Lipinski definition) is 5. The van der Waals surface area contributed by atoms with Crippen molar-refractivity contribution in [2.75, 3.05) is 18.0 Å². The second kappa shape index (κ2) is 10.5. The van der Waals surface area contributed by atoms with Crippen LogP contribution in [-0.2, 0) is 6.18 Å². The molecule has 168 valence electrons. The van der Waals surface area contributed by atoms with Crippen molar-refractivity contribution in [1.82, 2.24) is 9.97 Å². The van der Waals surface area contributed by atoms with E-state index >= 15 is 0 Å². The van der Waals surface area contributed by atoms with Crippen molar-refractivity contribution in [3.63, 3.8) is 0 Å². The monoisotopic (exact) mass is 489 g/mol. The molecule has 1 aliphatic rings. The quantitative estimate of drug-likeness (QED) is 0.384. The van der Waals surface area contributed by atoms with Crippen molar-refractivity contribution < 1.29 is 13.2 Å². The van der Waals surface area contributed by atoms with E-state index in [2.05, 4.69) is 20.9 Å². The van der Waals surface area contributed by atoms with Crippen LogP contribution in [0.15, 0.2) is 48.5 Å². The molecule has 0 spiro atoms. The number of pyridine rings is 2. The molecule has 3 heterocycles. The summed E-state index contributed by atoms with van der Waals surface area (Å²) in [7, 11) is 0. The average Bonchev–Trinajstić information content (AvgIpc) is 3.33. The Kier molecular flexibility index (Phi) is 7.75. The smallest absolute Gasteiger partial charge is 0.357 e. The molecule has 1 saturated heterocycles. The summed E-state index contributed by atoms with van der Waals surface area (Å²) in [6.45, 7) is 1.77. The number of halogens is 5. The number of nitrogens with zero attached hydrogens (tertiary/aromatic N) is 5. The number of hydrogen-bond donors (Lipinski definition) is 0. The van der Waals surface area contributed by atoms with Gasteiger partial charge in [-0.15, -0.1) is 0 Å². The van der Waals surface area contributed by atoms with Crippen LogP contribution in [0.3, 0.4) is 0 Å². The van der Waals surface area contributed by atoms with E-state index in [4.69, 9.17) is 28.5 Å². The van der Waals surface area contributed by atoms with Crippen molar-refractivity contribution in [3.05, 3.63) is 75.5 Å². The predicted octanol–water partition coefficient (Wildman–Crippen LogP) is 6.50. The van der Waals surface area contributed by atoms with Gasteiger partial charge in [-0.1, -0.05) is 35.3 Å². The van der Waals surface area contributed by atoms with Crippen molar-refractivity contribution in [2.24, 2.45) is 0 Å². The highest BCUT2D eigenvalue weighted by atomic mass is 35.5. The lowest BCUT2D eigenvalue weighted by Gasteiger charge is -2.17. The van der Waals surface area contributed by atoms with Gasteiger partial charge in [-0.3, -0.25) is 0 Å². The predicted molar refractivity (Wildman–Crippen MR) is 120 cm³/mol. The SMILES string of the molecule is N#Cc1cc(-c2ccc(C(F)(F)F)cc2)nc(N2CCCC2)c1.N#Cc1cc(Cl)nc(Cl)c1. The minimum Gasteiger partial charge on any atom is -0.357 e. The summed E-state index contributed by atoms with van der Waals surface area (Å²) < 4.78 is 37.9. The van der Waals surface area contributed by atoms with Gasteiger partial charge < -0.3 is 4.90 Å². The van der Waals surface area contributed by atoms with Crippen LogP contribution in [-0.4, -0.2) is 23.1 Å². The fraction of sp³-hybridized carbons (Fsp3) is 0.217. The molecule has 33 heavy (non-hydrogen) atoms. The molecule has 1 aromatic carbocycles. The molecule has 0 N–H and O–H groups in total. The van der Waals surface area contributed by atoms with Gasteiger partial charge in [-0.2, -0.15) is 23.7 Å². The van der Waals surface area contributed by atoms with E-state index in [1.807, 2.05) is 6.07 Å². The average molecular weight is 490 g/mol. The Bertz CT molecular complexity index is 1190. The molecule has 0 radical (unpaired) electrons. The molecule has 1 aliphatic heterocycles. The second-order valence-corrected chi connectivity index (χ2v) is 7.87. The summed E-state index contributed by atoms with van der Waals surface area (Å²) >= 11 is 11.0. The summed E-state index contributed by atoms with van der Waals surface area (Å²) in [6.07, 6.45) is -2.21. The largest absolute Gasteiger partial charge is 0.416 e. The Balaban J connectivity index is 0.000000257. The summed E-state index contributed by atoms with van der Waals surface area (Å²) in [4.78, 5) is 10.3. The zero-order chi connectivity index (χ0) is 24.0. The third kappa shape index (κ3) is 6.58. The first kappa shape index (κ1) is 24.3. The van der Waals surface area contributed by atoms with Gasteiger partial charge in [0.1, 0.15) is 16.1 Å². The highest BCUT2D eigenvalue weighted by Gasteiger charge is 2.30. The molecule has 5 nitrogen and oxygen atoms in total. The Hall–Kier alpha value is -3.33. The Morgan fingerprint density at radius 3 is 1.88 bits per heavy atom. The summed E-state index contributed by atoms with van der Waals surface area (Å²) in [6, 6.07) is 15.1. The van der Waals surface area contributed by atoms with Crippen LogP contribution in [0.2, 0.25) is 10.3 Å². The van der Waals surface area contributed by atoms with Crippen molar-refractivity contribution in [2.45, 2.75) is 19.0 Å². The molecule has 2 aromatic heterocycles. The Morgan fingerprint density at radius 1 is 0.818 bits per heavy atom. The zero-order valence-electron chi connectivity index (χ0n) is 17.1. The fourth-order valence-electron chi connectivity index (χ4n) is 3.20. The van der Waals surface area contributed by atoms with Gasteiger partial charge in [-0.05, 0) is 49.2 Å². The maximum atomic E-state index is 12.6. The van der Waals surface area contributed by atoms with E-state index in [1.54, 1.807) is 12.1 Å². The van der Waals surface area contributed by atoms with Crippen LogP contribution in [0.4, 0.5) is 19.0 Å². The highest BCUT2D eigenvalue weighted by molar-refractivity contribution is 6.32. The van der Waals surface area contributed by atoms with E-state index < -0.39 is 11.7 Å². The first-order chi connectivity index (χ1) is 15.7. The van der Waals surface area contributed by atoms with E-state index in [-0.39, 0.29) is 10.3 Å². The number of alkyl halides is 3. The molecular weight excluding hydrogens is 474 g/mol. The van der Waals surface area contributed by atoms with E-state index in [0.717, 1.165) is 38.1 Å². The van der Waals surface area contributed by atoms with Crippen LogP contribution in [0.5, 0.6) is 0 Å². The van der Waals surface area contributed by atoms with Crippen LogP contribution >= 0.6 is 23.2 Å². The Labute approximate surface area is 198 Å². The van der Waals surface area contributed by atoms with E-state index in [9.17, 15) is 18.4 Å². The van der Waals surface area contributed by atoms with Gasteiger partial charge in [0, 0.05) is 18.7 Å². The van der Waals surface area contributed by atoms with Crippen molar-refractivity contribution in [1.29, 1.82) is 10.5 Å². The highest BCUT2D eigenvalue weighted by Crippen LogP contribution is 2.31. The van der Waals surface area contributed by atoms with Crippen LogP contribution in [0.25, 0.3) is 11.3 Å². The number of rotatable bonds is 2. The molecule has 3 aromatic rings. The molecule has 0 bridgehead atoms. The zero-order valence-corrected chi connectivity index (χ0v) is 18.6. The maximum Gasteiger partial charge on any atom is 0.416 e. The van der Waals surface area contributed by atoms with Gasteiger partial charge in [0.15, 0.2) is 0 Å².